The molecule has 0 spiro atoms. The molecule has 30 heavy (non-hydrogen) atoms. The summed E-state index contributed by atoms with van der Waals surface area (Å²) in [6.45, 7) is 1.54. The van der Waals surface area contributed by atoms with Crippen LogP contribution in [0.5, 0.6) is 0 Å². The van der Waals surface area contributed by atoms with Crippen LogP contribution in [0.25, 0.3) is 0 Å². The number of ether oxygens (including phenoxy) is 1. The molecule has 2 heterocycles. The molecule has 1 fully saturated rings. The number of benzene rings is 2. The summed E-state index contributed by atoms with van der Waals surface area (Å²) in [6, 6.07) is 13.9. The van der Waals surface area contributed by atoms with Crippen molar-refractivity contribution in [3.63, 3.8) is 0 Å². The van der Waals surface area contributed by atoms with Gasteiger partial charge >= 0.3 is 0 Å². The summed E-state index contributed by atoms with van der Waals surface area (Å²) in [5, 5.41) is 2.93. The van der Waals surface area contributed by atoms with Crippen molar-refractivity contribution in [2.45, 2.75) is 42.7 Å². The van der Waals surface area contributed by atoms with Crippen molar-refractivity contribution in [1.82, 2.24) is 9.62 Å². The van der Waals surface area contributed by atoms with Gasteiger partial charge < -0.3 is 10.1 Å². The van der Waals surface area contributed by atoms with E-state index in [9.17, 15) is 13.2 Å². The van der Waals surface area contributed by atoms with Crippen LogP contribution in [-0.4, -0.2) is 44.4 Å². The standard InChI is InChI=1S/C22H25BrN2O4S/c23-17-7-9-19(10-8-17)30(27,28)25-12-11-16-4-1-2-6-20(16)21(25)14-22(26)24-15-18-5-3-13-29-18/h1-2,4,6-10,18,21H,3,5,11-15H2,(H,24,26)/t18-,21+/m1/s1. The van der Waals surface area contributed by atoms with Crippen LogP contribution in [0, 0.1) is 0 Å². The van der Waals surface area contributed by atoms with E-state index in [1.54, 1.807) is 24.3 Å². The molecule has 6 nitrogen and oxygen atoms in total. The van der Waals surface area contributed by atoms with Crippen LogP contribution in [0.15, 0.2) is 57.9 Å². The number of hydrogen-bond acceptors (Lipinski definition) is 4. The van der Waals surface area contributed by atoms with Gasteiger partial charge in [0.15, 0.2) is 0 Å². The molecule has 8 heteroatoms. The Bertz CT molecular complexity index is 1000. The van der Waals surface area contributed by atoms with Crippen molar-refractivity contribution in [2.75, 3.05) is 19.7 Å². The number of sulfonamides is 1. The van der Waals surface area contributed by atoms with E-state index >= 15 is 0 Å². The molecule has 2 aliphatic heterocycles. The minimum absolute atomic E-state index is 0.0511. The largest absolute Gasteiger partial charge is 0.376 e. The van der Waals surface area contributed by atoms with Crippen molar-refractivity contribution in [1.29, 1.82) is 0 Å². The molecule has 1 N–H and O–H groups in total. The molecule has 2 atom stereocenters. The monoisotopic (exact) mass is 492 g/mol. The number of nitrogens with one attached hydrogen (secondary N) is 1. The van der Waals surface area contributed by atoms with Gasteiger partial charge in [0, 0.05) is 30.6 Å². The number of fused-ring (bicyclic) bond motifs is 1. The minimum atomic E-state index is -3.74. The maximum absolute atomic E-state index is 13.4. The van der Waals surface area contributed by atoms with Crippen LogP contribution in [0.4, 0.5) is 0 Å². The van der Waals surface area contributed by atoms with Crippen molar-refractivity contribution in [2.24, 2.45) is 0 Å². The molecule has 1 saturated heterocycles. The summed E-state index contributed by atoms with van der Waals surface area (Å²) in [7, 11) is -3.74. The summed E-state index contributed by atoms with van der Waals surface area (Å²) in [6.07, 6.45) is 2.71. The Hall–Kier alpha value is -1.74. The highest BCUT2D eigenvalue weighted by Gasteiger charge is 2.37. The van der Waals surface area contributed by atoms with Gasteiger partial charge in [-0.25, -0.2) is 8.42 Å². The van der Waals surface area contributed by atoms with Crippen molar-refractivity contribution in [3.05, 3.63) is 64.1 Å². The van der Waals surface area contributed by atoms with Crippen molar-refractivity contribution >= 4 is 31.9 Å². The first-order valence-corrected chi connectivity index (χ1v) is 12.4. The Morgan fingerprint density at radius 1 is 1.17 bits per heavy atom. The Labute approximate surface area is 185 Å². The molecule has 0 bridgehead atoms. The second-order valence-electron chi connectivity index (χ2n) is 7.68. The number of halogens is 1. The topological polar surface area (TPSA) is 75.7 Å². The fourth-order valence-corrected chi connectivity index (χ4v) is 6.02. The molecule has 0 unspecified atom stereocenters. The molecule has 0 radical (unpaired) electrons. The molecule has 2 aromatic carbocycles. The SMILES string of the molecule is O=C(C[C@H]1c2ccccc2CCN1S(=O)(=O)c1ccc(Br)cc1)NC[C@H]1CCCO1. The molecular formula is C22H25BrN2O4S. The van der Waals surface area contributed by atoms with Crippen LogP contribution in [0.1, 0.15) is 36.4 Å². The van der Waals surface area contributed by atoms with E-state index in [4.69, 9.17) is 4.74 Å². The van der Waals surface area contributed by atoms with Crippen LogP contribution in [0.3, 0.4) is 0 Å². The summed E-state index contributed by atoms with van der Waals surface area (Å²) in [4.78, 5) is 13.0. The number of hydrogen-bond donors (Lipinski definition) is 1. The molecule has 0 aliphatic carbocycles. The Kier molecular flexibility index (Phi) is 6.57. The summed E-state index contributed by atoms with van der Waals surface area (Å²) in [5.41, 5.74) is 1.99. The average Bonchev–Trinajstić information content (AvgIpc) is 3.26. The lowest BCUT2D eigenvalue weighted by Gasteiger charge is -2.36. The van der Waals surface area contributed by atoms with E-state index in [0.717, 1.165) is 35.0 Å². The van der Waals surface area contributed by atoms with Gasteiger partial charge in [0.25, 0.3) is 0 Å². The second-order valence-corrected chi connectivity index (χ2v) is 10.5. The maximum atomic E-state index is 13.4. The first kappa shape index (κ1) is 21.5. The molecule has 2 aromatic rings. The predicted molar refractivity (Wildman–Crippen MR) is 118 cm³/mol. The van der Waals surface area contributed by atoms with E-state index in [0.29, 0.717) is 19.5 Å². The van der Waals surface area contributed by atoms with Gasteiger partial charge in [0.05, 0.1) is 17.0 Å². The normalized spacial score (nSPS) is 21.9. The number of amides is 1. The van der Waals surface area contributed by atoms with E-state index in [1.165, 1.54) is 4.31 Å². The molecule has 160 valence electrons. The predicted octanol–water partition coefficient (Wildman–Crippen LogP) is 3.42. The minimum Gasteiger partial charge on any atom is -0.376 e. The van der Waals surface area contributed by atoms with Crippen molar-refractivity contribution in [3.8, 4) is 0 Å². The van der Waals surface area contributed by atoms with Crippen LogP contribution in [-0.2, 0) is 26.0 Å². The summed E-state index contributed by atoms with van der Waals surface area (Å²) in [5.74, 6) is -0.164. The zero-order valence-electron chi connectivity index (χ0n) is 16.6. The molecule has 4 rings (SSSR count). The van der Waals surface area contributed by atoms with Crippen LogP contribution < -0.4 is 5.32 Å². The van der Waals surface area contributed by atoms with Gasteiger partial charge in [-0.3, -0.25) is 4.79 Å². The lowest BCUT2D eigenvalue weighted by molar-refractivity contribution is -0.122. The van der Waals surface area contributed by atoms with E-state index in [1.807, 2.05) is 24.3 Å². The van der Waals surface area contributed by atoms with Crippen LogP contribution >= 0.6 is 15.9 Å². The Morgan fingerprint density at radius 2 is 1.93 bits per heavy atom. The van der Waals surface area contributed by atoms with Gasteiger partial charge in [0.1, 0.15) is 0 Å². The van der Waals surface area contributed by atoms with Gasteiger partial charge in [-0.2, -0.15) is 4.31 Å². The van der Waals surface area contributed by atoms with E-state index in [2.05, 4.69) is 21.2 Å². The summed E-state index contributed by atoms with van der Waals surface area (Å²) >= 11 is 3.35. The molecule has 0 aromatic heterocycles. The van der Waals surface area contributed by atoms with Crippen molar-refractivity contribution < 1.29 is 17.9 Å². The maximum Gasteiger partial charge on any atom is 0.243 e. The van der Waals surface area contributed by atoms with E-state index in [-0.39, 0.29) is 23.3 Å². The van der Waals surface area contributed by atoms with E-state index < -0.39 is 16.1 Å². The molecular weight excluding hydrogens is 468 g/mol. The Balaban J connectivity index is 1.58. The summed E-state index contributed by atoms with van der Waals surface area (Å²) < 4.78 is 34.7. The van der Waals surface area contributed by atoms with Gasteiger partial charge in [-0.05, 0) is 54.7 Å². The second kappa shape index (κ2) is 9.18. The highest BCUT2D eigenvalue weighted by Crippen LogP contribution is 2.36. The number of carbonyl (C=O) groups excluding carboxylic acids is 1. The highest BCUT2D eigenvalue weighted by molar-refractivity contribution is 9.10. The zero-order chi connectivity index (χ0) is 21.1. The van der Waals surface area contributed by atoms with Crippen LogP contribution in [0.2, 0.25) is 0 Å². The lowest BCUT2D eigenvalue weighted by atomic mass is 9.92. The smallest absolute Gasteiger partial charge is 0.243 e. The Morgan fingerprint density at radius 3 is 2.67 bits per heavy atom. The lowest BCUT2D eigenvalue weighted by Crippen LogP contribution is -2.42. The van der Waals surface area contributed by atoms with Gasteiger partial charge in [-0.1, -0.05) is 40.2 Å². The van der Waals surface area contributed by atoms with Gasteiger partial charge in [0.2, 0.25) is 15.9 Å². The zero-order valence-corrected chi connectivity index (χ0v) is 19.0. The third-order valence-electron chi connectivity index (χ3n) is 5.71. The molecule has 1 amide bonds. The quantitative estimate of drug-likeness (QED) is 0.670. The average molecular weight is 493 g/mol. The molecule has 2 aliphatic rings. The first-order chi connectivity index (χ1) is 14.4. The highest BCUT2D eigenvalue weighted by atomic mass is 79.9. The third-order valence-corrected chi connectivity index (χ3v) is 8.16. The molecule has 0 saturated carbocycles. The van der Waals surface area contributed by atoms with Gasteiger partial charge in [-0.15, -0.1) is 0 Å². The number of rotatable bonds is 6. The fraction of sp³-hybridized carbons (Fsp3) is 0.409. The number of nitrogens with zero attached hydrogens (tertiary/aromatic N) is 1. The first-order valence-electron chi connectivity index (χ1n) is 10.2. The third kappa shape index (κ3) is 4.61. The number of carbonyl (C=O) groups is 1. The fourth-order valence-electron chi connectivity index (χ4n) is 4.15.